The number of carbonyl (C=O) groups excluding carboxylic acids is 1. The fraction of sp³-hybridized carbons (Fsp3) is 0.261. The lowest BCUT2D eigenvalue weighted by Gasteiger charge is -2.31. The first kappa shape index (κ1) is 17.7. The van der Waals surface area contributed by atoms with Gasteiger partial charge in [-0.25, -0.2) is 9.97 Å². The van der Waals surface area contributed by atoms with Gasteiger partial charge in [-0.3, -0.25) is 4.79 Å². The zero-order chi connectivity index (χ0) is 19.7. The molecule has 1 N–H and O–H groups in total. The van der Waals surface area contributed by atoms with Crippen LogP contribution in [0.15, 0.2) is 60.9 Å². The van der Waals surface area contributed by atoms with Crippen molar-refractivity contribution in [3.63, 3.8) is 0 Å². The van der Waals surface area contributed by atoms with Gasteiger partial charge in [0.2, 0.25) is 0 Å². The van der Waals surface area contributed by atoms with Crippen molar-refractivity contribution in [2.45, 2.75) is 37.9 Å². The van der Waals surface area contributed by atoms with E-state index in [1.807, 2.05) is 48.5 Å². The molecular weight excluding hydrogens is 366 g/mol. The van der Waals surface area contributed by atoms with Crippen LogP contribution < -0.4 is 14.8 Å². The van der Waals surface area contributed by atoms with Gasteiger partial charge in [0.1, 0.15) is 0 Å². The van der Waals surface area contributed by atoms with Crippen molar-refractivity contribution in [3.8, 4) is 22.9 Å². The van der Waals surface area contributed by atoms with E-state index >= 15 is 0 Å². The monoisotopic (exact) mass is 387 g/mol. The second-order valence-corrected chi connectivity index (χ2v) is 7.45. The molecule has 1 saturated carbocycles. The maximum Gasteiger partial charge on any atom is 0.258 e. The minimum absolute atomic E-state index is 0.268. The van der Waals surface area contributed by atoms with E-state index in [2.05, 4.69) is 15.3 Å². The number of benzene rings is 2. The lowest BCUT2D eigenvalue weighted by molar-refractivity contribution is -0.105. The molecule has 6 heteroatoms. The number of ether oxygens (including phenoxy) is 2. The second kappa shape index (κ2) is 7.20. The summed E-state index contributed by atoms with van der Waals surface area (Å²) in [6, 6.07) is 15.1. The summed E-state index contributed by atoms with van der Waals surface area (Å²) in [5, 5.41) is 2.88. The quantitative estimate of drug-likeness (QED) is 0.697. The molecule has 0 radical (unpaired) electrons. The van der Waals surface area contributed by atoms with Crippen LogP contribution in [0.25, 0.3) is 11.4 Å². The highest BCUT2D eigenvalue weighted by Gasteiger charge is 2.42. The number of nitrogens with zero attached hydrogens (tertiary/aromatic N) is 2. The molecule has 2 aliphatic rings. The van der Waals surface area contributed by atoms with Crippen LogP contribution in [-0.2, 0) is 0 Å². The number of anilines is 1. The van der Waals surface area contributed by atoms with Crippen LogP contribution in [0.1, 0.15) is 42.5 Å². The summed E-state index contributed by atoms with van der Waals surface area (Å²) >= 11 is 0. The fourth-order valence-electron chi connectivity index (χ4n) is 3.85. The average Bonchev–Trinajstić information content (AvgIpc) is 3.11. The van der Waals surface area contributed by atoms with Crippen molar-refractivity contribution in [3.05, 3.63) is 66.5 Å². The molecule has 0 atom stereocenters. The van der Waals surface area contributed by atoms with E-state index in [-0.39, 0.29) is 5.91 Å². The van der Waals surface area contributed by atoms with Gasteiger partial charge in [0.25, 0.3) is 11.7 Å². The molecule has 1 fully saturated rings. The Morgan fingerprint density at radius 3 is 2.38 bits per heavy atom. The maximum absolute atomic E-state index is 12.6. The highest BCUT2D eigenvalue weighted by atomic mass is 16.7. The fourth-order valence-corrected chi connectivity index (χ4v) is 3.85. The van der Waals surface area contributed by atoms with Crippen LogP contribution in [0, 0.1) is 0 Å². The van der Waals surface area contributed by atoms with Gasteiger partial charge in [-0.1, -0.05) is 36.8 Å². The molecule has 3 aromatic rings. The lowest BCUT2D eigenvalue weighted by atomic mass is 9.94. The summed E-state index contributed by atoms with van der Waals surface area (Å²) in [6.45, 7) is 0. The Balaban J connectivity index is 1.29. The molecule has 1 spiro atoms. The van der Waals surface area contributed by atoms with Crippen molar-refractivity contribution in [1.82, 2.24) is 9.97 Å². The van der Waals surface area contributed by atoms with E-state index < -0.39 is 5.79 Å². The maximum atomic E-state index is 12.6. The Morgan fingerprint density at radius 1 is 0.897 bits per heavy atom. The summed E-state index contributed by atoms with van der Waals surface area (Å²) in [4.78, 5) is 21.2. The predicted octanol–water partition coefficient (Wildman–Crippen LogP) is 4.83. The van der Waals surface area contributed by atoms with Gasteiger partial charge in [-0.15, -0.1) is 0 Å². The number of nitrogens with one attached hydrogen (secondary N) is 1. The number of rotatable bonds is 3. The van der Waals surface area contributed by atoms with Gasteiger partial charge in [0, 0.05) is 42.6 Å². The molecule has 1 amide bonds. The Bertz CT molecular complexity index is 1030. The van der Waals surface area contributed by atoms with Crippen LogP contribution in [0.5, 0.6) is 11.5 Å². The number of hydrogen-bond acceptors (Lipinski definition) is 5. The van der Waals surface area contributed by atoms with Gasteiger partial charge < -0.3 is 14.8 Å². The Morgan fingerprint density at radius 2 is 1.62 bits per heavy atom. The largest absolute Gasteiger partial charge is 0.448 e. The molecule has 2 aromatic carbocycles. The highest BCUT2D eigenvalue weighted by molar-refractivity contribution is 6.04. The van der Waals surface area contributed by atoms with Crippen LogP contribution in [-0.4, -0.2) is 21.7 Å². The molecule has 0 bridgehead atoms. The number of carbonyl (C=O) groups is 1. The van der Waals surface area contributed by atoms with Gasteiger partial charge in [0.15, 0.2) is 17.3 Å². The normalized spacial score (nSPS) is 16.6. The van der Waals surface area contributed by atoms with Gasteiger partial charge in [-0.05, 0) is 25.0 Å². The van der Waals surface area contributed by atoms with E-state index in [9.17, 15) is 4.79 Å². The third-order valence-electron chi connectivity index (χ3n) is 5.35. The van der Waals surface area contributed by atoms with Crippen LogP contribution >= 0.6 is 0 Å². The summed E-state index contributed by atoms with van der Waals surface area (Å²) in [5.41, 5.74) is 1.95. The zero-order valence-corrected chi connectivity index (χ0v) is 15.9. The minimum Gasteiger partial charge on any atom is -0.448 e. The topological polar surface area (TPSA) is 73.3 Å². The SMILES string of the molecule is O=C(Nc1ccc2c(c1)OC1(CCCCC1)O2)c1cnc(-c2ccccc2)nc1. The predicted molar refractivity (Wildman–Crippen MR) is 109 cm³/mol. The number of aromatic nitrogens is 2. The van der Waals surface area contributed by atoms with Crippen molar-refractivity contribution in [2.24, 2.45) is 0 Å². The van der Waals surface area contributed by atoms with Gasteiger partial charge in [-0.2, -0.15) is 0 Å². The van der Waals surface area contributed by atoms with Crippen LogP contribution in [0.3, 0.4) is 0 Å². The van der Waals surface area contributed by atoms with E-state index in [0.29, 0.717) is 22.8 Å². The standard InChI is InChI=1S/C23H21N3O3/c27-22(17-14-24-21(25-15-17)16-7-3-1-4-8-16)26-18-9-10-19-20(13-18)29-23(28-19)11-5-2-6-12-23/h1,3-4,7-10,13-15H,2,5-6,11-12H2,(H,26,27). The molecule has 0 saturated heterocycles. The minimum atomic E-state index is -0.523. The molecule has 1 aliphatic carbocycles. The Hall–Kier alpha value is -3.41. The summed E-state index contributed by atoms with van der Waals surface area (Å²) < 4.78 is 12.2. The van der Waals surface area contributed by atoms with Crippen molar-refractivity contribution in [1.29, 1.82) is 0 Å². The Labute approximate surface area is 168 Å². The Kier molecular flexibility index (Phi) is 4.39. The van der Waals surface area contributed by atoms with E-state index in [0.717, 1.165) is 37.0 Å². The first-order valence-electron chi connectivity index (χ1n) is 9.92. The molecule has 146 valence electrons. The van der Waals surface area contributed by atoms with Crippen molar-refractivity contribution in [2.75, 3.05) is 5.32 Å². The summed E-state index contributed by atoms with van der Waals surface area (Å²) in [5.74, 6) is 1.21. The van der Waals surface area contributed by atoms with Crippen LogP contribution in [0.2, 0.25) is 0 Å². The highest BCUT2D eigenvalue weighted by Crippen LogP contribution is 2.46. The van der Waals surface area contributed by atoms with Gasteiger partial charge >= 0.3 is 0 Å². The van der Waals surface area contributed by atoms with E-state index in [1.54, 1.807) is 0 Å². The molecule has 6 nitrogen and oxygen atoms in total. The van der Waals surface area contributed by atoms with Gasteiger partial charge in [0.05, 0.1) is 5.56 Å². The van der Waals surface area contributed by atoms with Crippen LogP contribution in [0.4, 0.5) is 5.69 Å². The second-order valence-electron chi connectivity index (χ2n) is 7.45. The molecular formula is C23H21N3O3. The molecule has 5 rings (SSSR count). The van der Waals surface area contributed by atoms with E-state index in [4.69, 9.17) is 9.47 Å². The first-order valence-corrected chi connectivity index (χ1v) is 9.92. The van der Waals surface area contributed by atoms with Crippen molar-refractivity contribution < 1.29 is 14.3 Å². The molecule has 29 heavy (non-hydrogen) atoms. The lowest BCUT2D eigenvalue weighted by Crippen LogP contribution is -2.40. The molecule has 2 heterocycles. The number of amides is 1. The number of fused-ring (bicyclic) bond motifs is 1. The van der Waals surface area contributed by atoms with E-state index in [1.165, 1.54) is 18.8 Å². The van der Waals surface area contributed by atoms with Crippen molar-refractivity contribution >= 4 is 11.6 Å². The smallest absolute Gasteiger partial charge is 0.258 e. The summed E-state index contributed by atoms with van der Waals surface area (Å²) in [7, 11) is 0. The molecule has 0 unspecified atom stereocenters. The third-order valence-corrected chi connectivity index (χ3v) is 5.35. The average molecular weight is 387 g/mol. The third kappa shape index (κ3) is 3.53. The first-order chi connectivity index (χ1) is 14.2. The summed E-state index contributed by atoms with van der Waals surface area (Å²) in [6.07, 6.45) is 8.30. The zero-order valence-electron chi connectivity index (χ0n) is 15.9. The molecule has 1 aromatic heterocycles. The number of hydrogen-bond donors (Lipinski definition) is 1. The molecule has 1 aliphatic heterocycles.